The van der Waals surface area contributed by atoms with Gasteiger partial charge in [-0.05, 0) is 51.2 Å². The number of hydrazine groups is 1. The molecule has 1 aliphatic rings. The summed E-state index contributed by atoms with van der Waals surface area (Å²) in [6.07, 6.45) is 5.73. The van der Waals surface area contributed by atoms with Crippen LogP contribution in [0.1, 0.15) is 56.4 Å². The van der Waals surface area contributed by atoms with Gasteiger partial charge in [-0.25, -0.2) is 0 Å². The van der Waals surface area contributed by atoms with Crippen LogP contribution in [-0.4, -0.2) is 22.7 Å². The minimum absolute atomic E-state index is 0.228. The van der Waals surface area contributed by atoms with Crippen LogP contribution in [0.3, 0.4) is 0 Å². The molecule has 0 saturated carbocycles. The largest absolute Gasteiger partial charge is 0.361 e. The lowest BCUT2D eigenvalue weighted by Gasteiger charge is -2.06. The van der Waals surface area contributed by atoms with Crippen LogP contribution in [0.15, 0.2) is 10.6 Å². The number of rotatable bonds is 5. The number of thioether (sulfide) groups is 1. The molecule has 0 saturated heterocycles. The summed E-state index contributed by atoms with van der Waals surface area (Å²) in [6, 6.07) is 1.97. The van der Waals surface area contributed by atoms with Gasteiger partial charge >= 0.3 is 0 Å². The van der Waals surface area contributed by atoms with Crippen molar-refractivity contribution in [3.63, 3.8) is 0 Å². The van der Waals surface area contributed by atoms with Gasteiger partial charge in [0.25, 0.3) is 5.91 Å². The van der Waals surface area contributed by atoms with Gasteiger partial charge in [0.05, 0.1) is 16.3 Å². The van der Waals surface area contributed by atoms with Crippen molar-refractivity contribution in [3.05, 3.63) is 38.4 Å². The Morgan fingerprint density at radius 2 is 2.04 bits per heavy atom. The van der Waals surface area contributed by atoms with Crippen LogP contribution in [0.25, 0.3) is 0 Å². The second kappa shape index (κ2) is 8.73. The molecule has 2 aromatic heterocycles. The average molecular weight is 394 g/mol. The number of hydrogen-bond acceptors (Lipinski definition) is 6. The zero-order chi connectivity index (χ0) is 18.5. The molecule has 0 unspecified atom stereocenters. The van der Waals surface area contributed by atoms with Gasteiger partial charge in [0, 0.05) is 16.2 Å². The monoisotopic (exact) mass is 393 g/mol. The van der Waals surface area contributed by atoms with E-state index < -0.39 is 0 Å². The van der Waals surface area contributed by atoms with Crippen LogP contribution >= 0.6 is 23.1 Å². The van der Waals surface area contributed by atoms with Gasteiger partial charge < -0.3 is 4.52 Å². The normalized spacial score (nSPS) is 13.8. The molecule has 140 valence electrons. The van der Waals surface area contributed by atoms with Crippen molar-refractivity contribution >= 4 is 34.9 Å². The first-order valence-corrected chi connectivity index (χ1v) is 10.7. The molecule has 8 heteroatoms. The molecular formula is C18H23N3O3S2. The Kier molecular flexibility index (Phi) is 6.37. The molecule has 0 bridgehead atoms. The van der Waals surface area contributed by atoms with E-state index in [4.69, 9.17) is 4.52 Å². The first-order chi connectivity index (χ1) is 12.5. The molecule has 0 spiro atoms. The summed E-state index contributed by atoms with van der Waals surface area (Å²) in [4.78, 5) is 26.2. The second-order valence-corrected chi connectivity index (χ2v) is 8.54. The number of thiophene rings is 1. The second-order valence-electron chi connectivity index (χ2n) is 6.42. The first kappa shape index (κ1) is 19.0. The summed E-state index contributed by atoms with van der Waals surface area (Å²) >= 11 is 3.00. The van der Waals surface area contributed by atoms with Crippen molar-refractivity contribution in [2.75, 3.05) is 5.75 Å². The van der Waals surface area contributed by atoms with E-state index in [9.17, 15) is 9.59 Å². The molecule has 2 aromatic rings. The number of nitrogens with zero attached hydrogens (tertiary/aromatic N) is 1. The molecule has 0 aliphatic heterocycles. The summed E-state index contributed by atoms with van der Waals surface area (Å²) in [5.41, 5.74) is 8.17. The maximum Gasteiger partial charge on any atom is 0.279 e. The molecular weight excluding hydrogens is 370 g/mol. The number of fused-ring (bicyclic) bond motifs is 1. The van der Waals surface area contributed by atoms with E-state index in [2.05, 4.69) is 16.0 Å². The predicted molar refractivity (Wildman–Crippen MR) is 103 cm³/mol. The number of carbonyl (C=O) groups excluding carboxylic acids is 2. The van der Waals surface area contributed by atoms with E-state index in [-0.39, 0.29) is 17.6 Å². The van der Waals surface area contributed by atoms with Gasteiger partial charge in [-0.15, -0.1) is 23.1 Å². The number of aromatic nitrogens is 1. The van der Waals surface area contributed by atoms with Crippen molar-refractivity contribution in [3.8, 4) is 0 Å². The van der Waals surface area contributed by atoms with Crippen LogP contribution in [0.4, 0.5) is 0 Å². The number of aryl methyl sites for hydroxylation is 4. The number of amides is 2. The molecule has 0 radical (unpaired) electrons. The highest BCUT2D eigenvalue weighted by Crippen LogP contribution is 2.28. The van der Waals surface area contributed by atoms with Crippen molar-refractivity contribution in [1.82, 2.24) is 16.0 Å². The van der Waals surface area contributed by atoms with Gasteiger partial charge in [-0.3, -0.25) is 20.4 Å². The molecule has 26 heavy (non-hydrogen) atoms. The summed E-state index contributed by atoms with van der Waals surface area (Å²) in [6.45, 7) is 3.74. The van der Waals surface area contributed by atoms with Gasteiger partial charge in [0.15, 0.2) is 0 Å². The van der Waals surface area contributed by atoms with Crippen LogP contribution in [0.5, 0.6) is 0 Å². The number of nitrogens with one attached hydrogen (secondary N) is 2. The molecule has 0 fully saturated rings. The predicted octanol–water partition coefficient (Wildman–Crippen LogP) is 3.32. The number of carbonyl (C=O) groups is 2. The van der Waals surface area contributed by atoms with Crippen molar-refractivity contribution < 1.29 is 14.1 Å². The third-order valence-electron chi connectivity index (χ3n) is 4.45. The molecule has 0 aromatic carbocycles. The number of hydrogen-bond donors (Lipinski definition) is 2. The molecule has 2 N–H and O–H groups in total. The standard InChI is InChI=1S/C18H23N3O3S2/c1-11-14(12(2)24-21-11)9-25-10-17(22)19-20-18(23)16-8-13-6-4-3-5-7-15(13)26-16/h8H,3-7,9-10H2,1-2H3,(H,19,22)(H,20,23). The fourth-order valence-electron chi connectivity index (χ4n) is 2.96. The van der Waals surface area contributed by atoms with Crippen LogP contribution in [0, 0.1) is 13.8 Å². The lowest BCUT2D eigenvalue weighted by Crippen LogP contribution is -2.42. The fourth-order valence-corrected chi connectivity index (χ4v) is 5.08. The maximum atomic E-state index is 12.3. The third-order valence-corrected chi connectivity index (χ3v) is 6.64. The van der Waals surface area contributed by atoms with E-state index >= 15 is 0 Å². The Labute approximate surface area is 161 Å². The van der Waals surface area contributed by atoms with Crippen LogP contribution in [0.2, 0.25) is 0 Å². The Morgan fingerprint density at radius 3 is 2.81 bits per heavy atom. The Balaban J connectivity index is 1.43. The molecule has 2 heterocycles. The highest BCUT2D eigenvalue weighted by Gasteiger charge is 2.17. The van der Waals surface area contributed by atoms with E-state index in [1.807, 2.05) is 19.9 Å². The topological polar surface area (TPSA) is 84.2 Å². The van der Waals surface area contributed by atoms with Gasteiger partial charge in [0.1, 0.15) is 5.76 Å². The van der Waals surface area contributed by atoms with Crippen molar-refractivity contribution in [1.29, 1.82) is 0 Å². The highest BCUT2D eigenvalue weighted by atomic mass is 32.2. The summed E-state index contributed by atoms with van der Waals surface area (Å²) in [5, 5.41) is 3.90. The average Bonchev–Trinajstić information content (AvgIpc) is 3.09. The minimum Gasteiger partial charge on any atom is -0.361 e. The van der Waals surface area contributed by atoms with E-state index in [1.54, 1.807) is 11.3 Å². The van der Waals surface area contributed by atoms with Gasteiger partial charge in [0.2, 0.25) is 5.91 Å². The molecule has 0 atom stereocenters. The SMILES string of the molecule is Cc1noc(C)c1CSCC(=O)NNC(=O)c1cc2c(s1)CCCCC2. The summed E-state index contributed by atoms with van der Waals surface area (Å²) < 4.78 is 5.10. The third kappa shape index (κ3) is 4.67. The van der Waals surface area contributed by atoms with E-state index in [0.29, 0.717) is 10.6 Å². The fraction of sp³-hybridized carbons (Fsp3) is 0.500. The summed E-state index contributed by atoms with van der Waals surface area (Å²) in [5.74, 6) is 1.22. The maximum absolute atomic E-state index is 12.3. The zero-order valence-electron chi connectivity index (χ0n) is 15.0. The van der Waals surface area contributed by atoms with Crippen molar-refractivity contribution in [2.24, 2.45) is 0 Å². The molecule has 3 rings (SSSR count). The van der Waals surface area contributed by atoms with Crippen molar-refractivity contribution in [2.45, 2.75) is 51.7 Å². The Bertz CT molecular complexity index is 755. The molecule has 1 aliphatic carbocycles. The van der Waals surface area contributed by atoms with Crippen LogP contribution < -0.4 is 10.9 Å². The highest BCUT2D eigenvalue weighted by molar-refractivity contribution is 7.99. The van der Waals surface area contributed by atoms with Gasteiger partial charge in [-0.1, -0.05) is 11.6 Å². The Hall–Kier alpha value is -1.80. The summed E-state index contributed by atoms with van der Waals surface area (Å²) in [7, 11) is 0. The Morgan fingerprint density at radius 1 is 1.23 bits per heavy atom. The molecule has 2 amide bonds. The zero-order valence-corrected chi connectivity index (χ0v) is 16.6. The lowest BCUT2D eigenvalue weighted by atomic mass is 10.1. The van der Waals surface area contributed by atoms with E-state index in [1.165, 1.54) is 41.5 Å². The van der Waals surface area contributed by atoms with Crippen LogP contribution in [-0.2, 0) is 23.4 Å². The smallest absolute Gasteiger partial charge is 0.279 e. The minimum atomic E-state index is -0.243. The van der Waals surface area contributed by atoms with Gasteiger partial charge in [-0.2, -0.15) is 0 Å². The van der Waals surface area contributed by atoms with E-state index in [0.717, 1.165) is 29.9 Å². The quantitative estimate of drug-likeness (QED) is 0.601. The molecule has 6 nitrogen and oxygen atoms in total. The lowest BCUT2D eigenvalue weighted by molar-refractivity contribution is -0.119. The first-order valence-electron chi connectivity index (χ1n) is 8.75.